The molecule has 0 aliphatic heterocycles. The molecule has 1 aromatic heterocycles. The molecule has 0 N–H and O–H groups in total. The van der Waals surface area contributed by atoms with Crippen molar-refractivity contribution >= 4 is 21.7 Å². The second-order valence-electron chi connectivity index (χ2n) is 4.36. The first-order chi connectivity index (χ1) is 8.27. The van der Waals surface area contributed by atoms with E-state index in [0.717, 1.165) is 24.8 Å². The van der Waals surface area contributed by atoms with Crippen molar-refractivity contribution in [1.82, 2.24) is 9.55 Å². The lowest BCUT2D eigenvalue weighted by atomic mass is 10.4. The van der Waals surface area contributed by atoms with Crippen molar-refractivity contribution in [1.29, 1.82) is 0 Å². The molecular weight excluding hydrogens is 282 g/mol. The quantitative estimate of drug-likeness (QED) is 0.754. The number of anilines is 1. The molecule has 94 valence electrons. The molecule has 1 saturated carbocycles. The molecule has 17 heavy (non-hydrogen) atoms. The van der Waals surface area contributed by atoms with Gasteiger partial charge in [0.15, 0.2) is 5.82 Å². The zero-order chi connectivity index (χ0) is 12.3. The summed E-state index contributed by atoms with van der Waals surface area (Å²) in [5, 5.41) is 0.868. The molecule has 0 aromatic carbocycles. The van der Waals surface area contributed by atoms with Crippen LogP contribution in [0.4, 0.5) is 5.82 Å². The molecule has 0 radical (unpaired) electrons. The number of rotatable bonds is 6. The number of nitrogens with zero attached hydrogens (tertiary/aromatic N) is 3. The fourth-order valence-corrected chi connectivity index (χ4v) is 2.37. The number of aryl methyl sites for hydroxylation is 1. The Labute approximate surface area is 110 Å². The van der Waals surface area contributed by atoms with Gasteiger partial charge in [-0.1, -0.05) is 22.9 Å². The summed E-state index contributed by atoms with van der Waals surface area (Å²) in [7, 11) is 0. The van der Waals surface area contributed by atoms with E-state index in [1.165, 1.54) is 12.8 Å². The number of hydrogen-bond acceptors (Lipinski definition) is 3. The van der Waals surface area contributed by atoms with Crippen molar-refractivity contribution in [2.45, 2.75) is 38.8 Å². The highest BCUT2D eigenvalue weighted by Crippen LogP contribution is 2.28. The van der Waals surface area contributed by atoms with E-state index in [-0.39, 0.29) is 5.56 Å². The zero-order valence-corrected chi connectivity index (χ0v) is 11.7. The SMILES string of the molecule is CCCn1ccnc(N(CCBr)C2CC2)c1=O. The Hall–Kier alpha value is -0.840. The van der Waals surface area contributed by atoms with E-state index < -0.39 is 0 Å². The Morgan fingerprint density at radius 3 is 2.94 bits per heavy atom. The molecule has 0 saturated heterocycles. The highest BCUT2D eigenvalue weighted by molar-refractivity contribution is 9.09. The Balaban J connectivity index is 2.29. The van der Waals surface area contributed by atoms with E-state index >= 15 is 0 Å². The van der Waals surface area contributed by atoms with Crippen molar-refractivity contribution in [3.8, 4) is 0 Å². The van der Waals surface area contributed by atoms with Crippen LogP contribution in [0.3, 0.4) is 0 Å². The van der Waals surface area contributed by atoms with Crippen molar-refractivity contribution in [2.24, 2.45) is 0 Å². The van der Waals surface area contributed by atoms with Gasteiger partial charge in [0.1, 0.15) is 0 Å². The molecule has 0 unspecified atom stereocenters. The zero-order valence-electron chi connectivity index (χ0n) is 10.1. The van der Waals surface area contributed by atoms with Gasteiger partial charge in [0.05, 0.1) is 0 Å². The molecule has 1 aliphatic rings. The van der Waals surface area contributed by atoms with E-state index in [4.69, 9.17) is 0 Å². The van der Waals surface area contributed by atoms with Gasteiger partial charge in [-0.15, -0.1) is 0 Å². The van der Waals surface area contributed by atoms with Crippen LogP contribution < -0.4 is 10.5 Å². The van der Waals surface area contributed by atoms with E-state index in [0.29, 0.717) is 11.9 Å². The van der Waals surface area contributed by atoms with Gasteiger partial charge in [-0.05, 0) is 19.3 Å². The van der Waals surface area contributed by atoms with Gasteiger partial charge >= 0.3 is 0 Å². The molecule has 1 heterocycles. The predicted molar refractivity (Wildman–Crippen MR) is 73.0 cm³/mol. The molecular formula is C12H18BrN3O. The smallest absolute Gasteiger partial charge is 0.293 e. The number of hydrogen-bond donors (Lipinski definition) is 0. The standard InChI is InChI=1S/C12H18BrN3O/c1-2-7-15-9-6-14-11(12(15)17)16(8-5-13)10-3-4-10/h6,9-10H,2-5,7-8H2,1H3. The second kappa shape index (κ2) is 5.67. The van der Waals surface area contributed by atoms with Crippen LogP contribution in [-0.2, 0) is 6.54 Å². The number of alkyl halides is 1. The maximum absolute atomic E-state index is 12.3. The van der Waals surface area contributed by atoms with Crippen LogP contribution in [0.2, 0.25) is 0 Å². The number of aromatic nitrogens is 2. The van der Waals surface area contributed by atoms with Crippen LogP contribution in [0, 0.1) is 0 Å². The van der Waals surface area contributed by atoms with E-state index in [1.54, 1.807) is 17.0 Å². The third-order valence-electron chi connectivity index (χ3n) is 2.95. The lowest BCUT2D eigenvalue weighted by Gasteiger charge is -2.22. The minimum absolute atomic E-state index is 0.0437. The van der Waals surface area contributed by atoms with Gasteiger partial charge < -0.3 is 9.47 Å². The van der Waals surface area contributed by atoms with Gasteiger partial charge in [0.25, 0.3) is 5.56 Å². The topological polar surface area (TPSA) is 38.1 Å². The molecule has 0 spiro atoms. The highest BCUT2D eigenvalue weighted by Gasteiger charge is 2.31. The van der Waals surface area contributed by atoms with Crippen LogP contribution >= 0.6 is 15.9 Å². The van der Waals surface area contributed by atoms with Crippen LogP contribution in [0.15, 0.2) is 17.2 Å². The van der Waals surface area contributed by atoms with Crippen LogP contribution in [0.1, 0.15) is 26.2 Å². The van der Waals surface area contributed by atoms with Gasteiger partial charge in [0, 0.05) is 36.9 Å². The minimum Gasteiger partial charge on any atom is -0.348 e. The van der Waals surface area contributed by atoms with Gasteiger partial charge in [-0.25, -0.2) is 4.98 Å². The molecule has 0 amide bonds. The lowest BCUT2D eigenvalue weighted by molar-refractivity contribution is 0.641. The average Bonchev–Trinajstić information content (AvgIpc) is 3.14. The Morgan fingerprint density at radius 2 is 2.35 bits per heavy atom. The average molecular weight is 300 g/mol. The van der Waals surface area contributed by atoms with Crippen LogP contribution in [0.25, 0.3) is 0 Å². The molecule has 2 rings (SSSR count). The maximum Gasteiger partial charge on any atom is 0.293 e. The molecule has 1 fully saturated rings. The second-order valence-corrected chi connectivity index (χ2v) is 5.16. The third kappa shape index (κ3) is 2.89. The largest absolute Gasteiger partial charge is 0.348 e. The summed E-state index contributed by atoms with van der Waals surface area (Å²) in [4.78, 5) is 18.7. The molecule has 1 aromatic rings. The van der Waals surface area contributed by atoms with E-state index in [1.807, 2.05) is 0 Å². The van der Waals surface area contributed by atoms with Crippen LogP contribution in [0.5, 0.6) is 0 Å². The Kier molecular flexibility index (Phi) is 4.20. The van der Waals surface area contributed by atoms with Crippen molar-refractivity contribution in [2.75, 3.05) is 16.8 Å². The first kappa shape index (κ1) is 12.6. The van der Waals surface area contributed by atoms with Crippen LogP contribution in [-0.4, -0.2) is 27.5 Å². The summed E-state index contributed by atoms with van der Waals surface area (Å²) in [6, 6.07) is 0.519. The summed E-state index contributed by atoms with van der Waals surface area (Å²) < 4.78 is 1.76. The fraction of sp³-hybridized carbons (Fsp3) is 0.667. The van der Waals surface area contributed by atoms with Gasteiger partial charge in [0.2, 0.25) is 0 Å². The lowest BCUT2D eigenvalue weighted by Crippen LogP contribution is -2.36. The normalized spacial score (nSPS) is 14.9. The monoisotopic (exact) mass is 299 g/mol. The van der Waals surface area contributed by atoms with Gasteiger partial charge in [-0.3, -0.25) is 4.79 Å². The van der Waals surface area contributed by atoms with Crippen molar-refractivity contribution in [3.63, 3.8) is 0 Å². The first-order valence-corrected chi connectivity index (χ1v) is 7.28. The summed E-state index contributed by atoms with van der Waals surface area (Å²) in [6.45, 7) is 3.69. The first-order valence-electron chi connectivity index (χ1n) is 6.16. The molecule has 5 heteroatoms. The summed E-state index contributed by atoms with van der Waals surface area (Å²) in [6.07, 6.45) is 6.82. The molecule has 0 atom stereocenters. The minimum atomic E-state index is 0.0437. The predicted octanol–water partition coefficient (Wildman–Crippen LogP) is 2.02. The molecule has 0 bridgehead atoms. The molecule has 4 nitrogen and oxygen atoms in total. The Morgan fingerprint density at radius 1 is 1.59 bits per heavy atom. The van der Waals surface area contributed by atoms with Crippen molar-refractivity contribution < 1.29 is 0 Å². The summed E-state index contributed by atoms with van der Waals surface area (Å²) >= 11 is 3.44. The number of halogens is 1. The summed E-state index contributed by atoms with van der Waals surface area (Å²) in [5.41, 5.74) is 0.0437. The summed E-state index contributed by atoms with van der Waals surface area (Å²) in [5.74, 6) is 0.614. The van der Waals surface area contributed by atoms with E-state index in [9.17, 15) is 4.79 Å². The fourth-order valence-electron chi connectivity index (χ4n) is 1.99. The van der Waals surface area contributed by atoms with Crippen molar-refractivity contribution in [3.05, 3.63) is 22.7 Å². The molecule has 1 aliphatic carbocycles. The highest BCUT2D eigenvalue weighted by atomic mass is 79.9. The van der Waals surface area contributed by atoms with E-state index in [2.05, 4.69) is 32.7 Å². The maximum atomic E-state index is 12.3. The van der Waals surface area contributed by atoms with Gasteiger partial charge in [-0.2, -0.15) is 0 Å². The third-order valence-corrected chi connectivity index (χ3v) is 3.30. The Bertz CT molecular complexity index is 428.